The zero-order chi connectivity index (χ0) is 20.8. The molecule has 29 heavy (non-hydrogen) atoms. The molecule has 0 spiro atoms. The van der Waals surface area contributed by atoms with Crippen LogP contribution in [-0.2, 0) is 24.6 Å². The first kappa shape index (κ1) is 19.3. The third-order valence-corrected chi connectivity index (χ3v) is 5.34. The Labute approximate surface area is 162 Å². The average molecular weight is 407 g/mol. The first-order valence-corrected chi connectivity index (χ1v) is 9.02. The highest BCUT2D eigenvalue weighted by molar-refractivity contribution is 5.37. The monoisotopic (exact) mass is 407 g/mol. The highest BCUT2D eigenvalue weighted by Crippen LogP contribution is 2.41. The van der Waals surface area contributed by atoms with Crippen molar-refractivity contribution in [3.05, 3.63) is 75.2 Å². The number of aromatic nitrogens is 5. The van der Waals surface area contributed by atoms with Crippen LogP contribution >= 0.6 is 0 Å². The molecule has 1 aliphatic heterocycles. The summed E-state index contributed by atoms with van der Waals surface area (Å²) in [4.78, 5) is 18.0. The fourth-order valence-electron chi connectivity index (χ4n) is 3.87. The molecule has 0 saturated heterocycles. The van der Waals surface area contributed by atoms with Gasteiger partial charge in [0.05, 0.1) is 29.4 Å². The fraction of sp³-hybridized carbons (Fsp3) is 0.368. The Bertz CT molecular complexity index is 1120. The van der Waals surface area contributed by atoms with Crippen molar-refractivity contribution in [2.75, 3.05) is 0 Å². The van der Waals surface area contributed by atoms with Gasteiger partial charge in [-0.05, 0) is 31.9 Å². The normalized spacial score (nSPS) is 19.2. The van der Waals surface area contributed by atoms with Gasteiger partial charge in [-0.3, -0.25) is 4.79 Å². The maximum absolute atomic E-state index is 14.7. The van der Waals surface area contributed by atoms with Crippen molar-refractivity contribution in [2.45, 2.75) is 44.3 Å². The zero-order valence-electron chi connectivity index (χ0n) is 15.4. The Hall–Kier alpha value is -3.04. The second-order valence-corrected chi connectivity index (χ2v) is 7.30. The molecule has 10 heteroatoms. The van der Waals surface area contributed by atoms with Crippen LogP contribution in [0.15, 0.2) is 35.4 Å². The van der Waals surface area contributed by atoms with Crippen LogP contribution in [0.3, 0.4) is 0 Å². The van der Waals surface area contributed by atoms with Crippen molar-refractivity contribution < 1.29 is 17.6 Å². The number of benzene rings is 1. The van der Waals surface area contributed by atoms with Crippen molar-refractivity contribution >= 4 is 0 Å². The minimum absolute atomic E-state index is 0.152. The largest absolute Gasteiger partial charge is 0.416 e. The summed E-state index contributed by atoms with van der Waals surface area (Å²) in [6, 6.07) is 3.96. The lowest BCUT2D eigenvalue weighted by molar-refractivity contribution is -0.137. The maximum Gasteiger partial charge on any atom is 0.416 e. The number of alkyl halides is 3. The first-order valence-electron chi connectivity index (χ1n) is 9.02. The minimum atomic E-state index is -4.61. The van der Waals surface area contributed by atoms with Gasteiger partial charge in [-0.25, -0.2) is 9.37 Å². The SMILES string of the molecule is CC1(c2ccc(C(F)(F)F)cc2F)CCCn2c(Cc3cc(=O)[nH]cn3)nnc21. The van der Waals surface area contributed by atoms with E-state index in [4.69, 9.17) is 0 Å². The van der Waals surface area contributed by atoms with E-state index in [0.29, 0.717) is 42.8 Å². The lowest BCUT2D eigenvalue weighted by Crippen LogP contribution is -2.34. The Kier molecular flexibility index (Phi) is 4.51. The molecule has 0 fully saturated rings. The van der Waals surface area contributed by atoms with E-state index >= 15 is 0 Å². The van der Waals surface area contributed by atoms with E-state index in [-0.39, 0.29) is 17.5 Å². The Morgan fingerprint density at radius 2 is 2.03 bits per heavy atom. The number of aromatic amines is 1. The van der Waals surface area contributed by atoms with E-state index in [1.807, 2.05) is 4.57 Å². The van der Waals surface area contributed by atoms with Gasteiger partial charge in [0.1, 0.15) is 17.5 Å². The summed E-state index contributed by atoms with van der Waals surface area (Å²) in [5, 5.41) is 8.42. The van der Waals surface area contributed by atoms with Crippen LogP contribution in [0.5, 0.6) is 0 Å². The number of nitrogens with zero attached hydrogens (tertiary/aromatic N) is 4. The molecule has 0 aliphatic carbocycles. The molecule has 152 valence electrons. The van der Waals surface area contributed by atoms with Gasteiger partial charge in [0.25, 0.3) is 5.56 Å². The number of halogens is 4. The van der Waals surface area contributed by atoms with Crippen LogP contribution in [0.1, 0.15) is 48.2 Å². The van der Waals surface area contributed by atoms with Crippen molar-refractivity contribution in [2.24, 2.45) is 0 Å². The molecular weight excluding hydrogens is 390 g/mol. The van der Waals surface area contributed by atoms with Gasteiger partial charge in [0.15, 0.2) is 0 Å². The van der Waals surface area contributed by atoms with Crippen LogP contribution in [0.2, 0.25) is 0 Å². The van der Waals surface area contributed by atoms with Crippen LogP contribution in [0.4, 0.5) is 17.6 Å². The second kappa shape index (κ2) is 6.78. The zero-order valence-corrected chi connectivity index (χ0v) is 15.4. The molecule has 1 aromatic carbocycles. The highest BCUT2D eigenvalue weighted by atomic mass is 19.4. The molecule has 0 bridgehead atoms. The van der Waals surface area contributed by atoms with Crippen LogP contribution < -0.4 is 5.56 Å². The summed E-state index contributed by atoms with van der Waals surface area (Å²) < 4.78 is 55.2. The van der Waals surface area contributed by atoms with E-state index in [1.165, 1.54) is 18.5 Å². The Morgan fingerprint density at radius 1 is 1.24 bits per heavy atom. The van der Waals surface area contributed by atoms with Gasteiger partial charge in [-0.2, -0.15) is 13.2 Å². The van der Waals surface area contributed by atoms with Gasteiger partial charge in [0, 0.05) is 18.2 Å². The lowest BCUT2D eigenvalue weighted by Gasteiger charge is -2.34. The number of fused-ring (bicyclic) bond motifs is 1. The summed E-state index contributed by atoms with van der Waals surface area (Å²) in [6.45, 7) is 2.35. The van der Waals surface area contributed by atoms with Crippen LogP contribution in [0.25, 0.3) is 0 Å². The standard InChI is InChI=1S/C19H17F4N5O/c1-18(13-4-3-11(7-14(13)20)19(21,22)23)5-2-6-28-15(26-27-17(18)28)8-12-9-16(29)25-10-24-12/h3-4,7,9-10H,2,5-6,8H2,1H3,(H,24,25,29). The van der Waals surface area contributed by atoms with E-state index in [2.05, 4.69) is 20.2 Å². The summed E-state index contributed by atoms with van der Waals surface area (Å²) in [6.07, 6.45) is -1.84. The van der Waals surface area contributed by atoms with E-state index in [1.54, 1.807) is 6.92 Å². The number of hydrogen-bond acceptors (Lipinski definition) is 4. The third-order valence-electron chi connectivity index (χ3n) is 5.34. The topological polar surface area (TPSA) is 76.5 Å². The smallest absolute Gasteiger partial charge is 0.314 e. The summed E-state index contributed by atoms with van der Waals surface area (Å²) in [5.41, 5.74) is -1.57. The summed E-state index contributed by atoms with van der Waals surface area (Å²) in [5.74, 6) is 0.134. The van der Waals surface area contributed by atoms with E-state index < -0.39 is 23.0 Å². The molecule has 0 amide bonds. The van der Waals surface area contributed by atoms with Crippen molar-refractivity contribution in [1.82, 2.24) is 24.7 Å². The van der Waals surface area contributed by atoms with Gasteiger partial charge in [-0.1, -0.05) is 6.07 Å². The van der Waals surface area contributed by atoms with Gasteiger partial charge < -0.3 is 9.55 Å². The Morgan fingerprint density at radius 3 is 2.72 bits per heavy atom. The molecule has 6 nitrogen and oxygen atoms in total. The maximum atomic E-state index is 14.7. The van der Waals surface area contributed by atoms with Gasteiger partial charge >= 0.3 is 6.18 Å². The van der Waals surface area contributed by atoms with Crippen molar-refractivity contribution in [3.8, 4) is 0 Å². The van der Waals surface area contributed by atoms with Crippen molar-refractivity contribution in [3.63, 3.8) is 0 Å². The summed E-state index contributed by atoms with van der Waals surface area (Å²) in [7, 11) is 0. The second-order valence-electron chi connectivity index (χ2n) is 7.30. The van der Waals surface area contributed by atoms with Crippen LogP contribution in [-0.4, -0.2) is 24.7 Å². The Balaban J connectivity index is 1.73. The lowest BCUT2D eigenvalue weighted by atomic mass is 9.75. The predicted octanol–water partition coefficient (Wildman–Crippen LogP) is 3.21. The number of H-pyrrole nitrogens is 1. The quantitative estimate of drug-likeness (QED) is 0.677. The van der Waals surface area contributed by atoms with E-state index in [9.17, 15) is 22.4 Å². The molecule has 1 unspecified atom stereocenters. The number of hydrogen-bond donors (Lipinski definition) is 1. The number of nitrogens with one attached hydrogen (secondary N) is 1. The molecule has 0 radical (unpaired) electrons. The predicted molar refractivity (Wildman–Crippen MR) is 94.8 cm³/mol. The molecule has 1 atom stereocenters. The molecule has 2 aromatic heterocycles. The average Bonchev–Trinajstić information content (AvgIpc) is 3.05. The van der Waals surface area contributed by atoms with E-state index in [0.717, 1.165) is 6.07 Å². The summed E-state index contributed by atoms with van der Waals surface area (Å²) >= 11 is 0. The molecule has 3 aromatic rings. The molecule has 4 rings (SSSR count). The number of rotatable bonds is 3. The first-order chi connectivity index (χ1) is 13.7. The molecule has 0 saturated carbocycles. The fourth-order valence-corrected chi connectivity index (χ4v) is 3.87. The third kappa shape index (κ3) is 3.43. The molecule has 1 aliphatic rings. The van der Waals surface area contributed by atoms with Crippen molar-refractivity contribution in [1.29, 1.82) is 0 Å². The molecule has 3 heterocycles. The minimum Gasteiger partial charge on any atom is -0.314 e. The molecule has 1 N–H and O–H groups in total. The van der Waals surface area contributed by atoms with Gasteiger partial charge in [0.2, 0.25) is 0 Å². The van der Waals surface area contributed by atoms with Crippen LogP contribution in [0, 0.1) is 5.82 Å². The van der Waals surface area contributed by atoms with Gasteiger partial charge in [-0.15, -0.1) is 10.2 Å². The molecular formula is C19H17F4N5O. The highest BCUT2D eigenvalue weighted by Gasteiger charge is 2.41.